The van der Waals surface area contributed by atoms with Crippen molar-refractivity contribution in [2.45, 2.75) is 30.1 Å². The predicted molar refractivity (Wildman–Crippen MR) is 137 cm³/mol. The molecule has 0 saturated carbocycles. The van der Waals surface area contributed by atoms with Crippen LogP contribution in [0.5, 0.6) is 0 Å². The van der Waals surface area contributed by atoms with Crippen LogP contribution in [0.25, 0.3) is 10.2 Å². The minimum atomic E-state index is -3.72. The van der Waals surface area contributed by atoms with E-state index in [0.29, 0.717) is 23.3 Å². The summed E-state index contributed by atoms with van der Waals surface area (Å²) < 4.78 is 54.5. The second-order valence-electron chi connectivity index (χ2n) is 9.19. The van der Waals surface area contributed by atoms with Crippen molar-refractivity contribution >= 4 is 52.6 Å². The zero-order valence-corrected chi connectivity index (χ0v) is 22.4. The van der Waals surface area contributed by atoms with Gasteiger partial charge in [0.15, 0.2) is 5.13 Å². The molecule has 1 amide bonds. The van der Waals surface area contributed by atoms with E-state index >= 15 is 0 Å². The number of aromatic nitrogens is 1. The molecule has 1 aliphatic rings. The van der Waals surface area contributed by atoms with Gasteiger partial charge in [0.25, 0.3) is 5.91 Å². The van der Waals surface area contributed by atoms with Crippen molar-refractivity contribution in [3.8, 4) is 0 Å². The number of sulfonamides is 2. The summed E-state index contributed by atoms with van der Waals surface area (Å²) in [6.07, 6.45) is 0.985. The van der Waals surface area contributed by atoms with Crippen molar-refractivity contribution in [2.24, 2.45) is 11.8 Å². The van der Waals surface area contributed by atoms with Crippen molar-refractivity contribution in [1.82, 2.24) is 13.6 Å². The van der Waals surface area contributed by atoms with Gasteiger partial charge in [0.2, 0.25) is 20.0 Å². The Balaban J connectivity index is 1.56. The molecule has 2 unspecified atom stereocenters. The van der Waals surface area contributed by atoms with E-state index in [-0.39, 0.29) is 32.3 Å². The Morgan fingerprint density at radius 1 is 1.03 bits per heavy atom. The molecule has 2 atom stereocenters. The third-order valence-corrected chi connectivity index (χ3v) is 10.5. The lowest BCUT2D eigenvalue weighted by molar-refractivity contribution is 0.102. The second kappa shape index (κ2) is 9.58. The van der Waals surface area contributed by atoms with Crippen molar-refractivity contribution in [3.63, 3.8) is 0 Å². The molecular weight excluding hydrogens is 508 g/mol. The summed E-state index contributed by atoms with van der Waals surface area (Å²) in [5, 5.41) is 2.99. The highest BCUT2D eigenvalue weighted by Gasteiger charge is 2.32. The van der Waals surface area contributed by atoms with Gasteiger partial charge in [-0.25, -0.2) is 26.1 Å². The van der Waals surface area contributed by atoms with Crippen molar-refractivity contribution < 1.29 is 21.6 Å². The first-order valence-electron chi connectivity index (χ1n) is 11.1. The summed E-state index contributed by atoms with van der Waals surface area (Å²) in [5.74, 6) is 0.0437. The SMILES string of the molecule is CC1CC(C)CN(S(=O)(=O)c2cccc(C(=O)Nc3nc4ccc(S(=O)(=O)N(C)C)cc4s3)c2)C1. The van der Waals surface area contributed by atoms with Crippen molar-refractivity contribution in [3.05, 3.63) is 48.0 Å². The van der Waals surface area contributed by atoms with E-state index in [9.17, 15) is 21.6 Å². The Morgan fingerprint density at radius 2 is 1.71 bits per heavy atom. The maximum Gasteiger partial charge on any atom is 0.257 e. The first-order valence-corrected chi connectivity index (χ1v) is 14.8. The van der Waals surface area contributed by atoms with E-state index in [1.165, 1.54) is 42.7 Å². The Kier molecular flexibility index (Phi) is 7.04. The van der Waals surface area contributed by atoms with Gasteiger partial charge in [-0.3, -0.25) is 10.1 Å². The molecule has 0 radical (unpaired) electrons. The smallest absolute Gasteiger partial charge is 0.257 e. The summed E-state index contributed by atoms with van der Waals surface area (Å²) >= 11 is 1.14. The quantitative estimate of drug-likeness (QED) is 0.516. The Morgan fingerprint density at radius 3 is 2.37 bits per heavy atom. The Bertz CT molecular complexity index is 1470. The second-order valence-corrected chi connectivity index (χ2v) is 14.3. The molecule has 4 rings (SSSR count). The van der Waals surface area contributed by atoms with Gasteiger partial charge >= 0.3 is 0 Å². The molecule has 1 aromatic heterocycles. The van der Waals surface area contributed by atoms with Gasteiger partial charge in [-0.05, 0) is 54.7 Å². The van der Waals surface area contributed by atoms with Crippen LogP contribution in [-0.2, 0) is 20.0 Å². The molecule has 1 fully saturated rings. The van der Waals surface area contributed by atoms with Gasteiger partial charge in [-0.1, -0.05) is 31.3 Å². The molecule has 1 N–H and O–H groups in total. The Labute approximate surface area is 209 Å². The molecule has 1 saturated heterocycles. The zero-order chi connectivity index (χ0) is 25.5. The van der Waals surface area contributed by atoms with E-state index in [1.54, 1.807) is 18.2 Å². The average Bonchev–Trinajstić information content (AvgIpc) is 3.19. The van der Waals surface area contributed by atoms with Crippen molar-refractivity contribution in [1.29, 1.82) is 0 Å². The predicted octanol–water partition coefficient (Wildman–Crippen LogP) is 3.47. The number of carbonyl (C=O) groups excluding carboxylic acids is 1. The fraction of sp³-hybridized carbons (Fsp3) is 0.391. The molecule has 2 heterocycles. The summed E-state index contributed by atoms with van der Waals surface area (Å²) in [4.78, 5) is 17.5. The molecule has 3 aromatic rings. The highest BCUT2D eigenvalue weighted by molar-refractivity contribution is 7.89. The van der Waals surface area contributed by atoms with Crippen LogP contribution in [0.15, 0.2) is 52.3 Å². The van der Waals surface area contributed by atoms with Gasteiger partial charge in [0.05, 0.1) is 20.0 Å². The Hall–Kier alpha value is -2.38. The molecule has 188 valence electrons. The molecule has 0 spiro atoms. The molecule has 1 aliphatic heterocycles. The minimum Gasteiger partial charge on any atom is -0.298 e. The molecule has 0 aliphatic carbocycles. The van der Waals surface area contributed by atoms with E-state index < -0.39 is 26.0 Å². The number of benzene rings is 2. The number of carbonyl (C=O) groups is 1. The normalized spacial score (nSPS) is 19.8. The van der Waals surface area contributed by atoms with Gasteiger partial charge in [0, 0.05) is 32.7 Å². The number of thiazole rings is 1. The zero-order valence-electron chi connectivity index (χ0n) is 19.9. The number of nitrogens with zero attached hydrogens (tertiary/aromatic N) is 3. The van der Waals surface area contributed by atoms with Crippen LogP contribution >= 0.6 is 11.3 Å². The molecule has 12 heteroatoms. The number of rotatable bonds is 6. The summed E-state index contributed by atoms with van der Waals surface area (Å²) in [6.45, 7) is 5.00. The van der Waals surface area contributed by atoms with E-state index in [4.69, 9.17) is 0 Å². The first-order chi connectivity index (χ1) is 16.4. The van der Waals surface area contributed by atoms with Gasteiger partial charge in [0.1, 0.15) is 0 Å². The van der Waals surface area contributed by atoms with Crippen LogP contribution in [0.4, 0.5) is 5.13 Å². The molecule has 0 bridgehead atoms. The topological polar surface area (TPSA) is 117 Å². The van der Waals surface area contributed by atoms with Crippen LogP contribution in [0.2, 0.25) is 0 Å². The van der Waals surface area contributed by atoms with Gasteiger partial charge < -0.3 is 0 Å². The fourth-order valence-electron chi connectivity index (χ4n) is 4.25. The fourth-order valence-corrected chi connectivity index (χ4v) is 7.88. The average molecular weight is 537 g/mol. The number of nitrogens with one attached hydrogen (secondary N) is 1. The lowest BCUT2D eigenvalue weighted by Gasteiger charge is -2.34. The standard InChI is InChI=1S/C23H28N4O5S3/c1-15-10-16(2)14-27(13-15)35(31,32)18-7-5-6-17(11-18)22(28)25-23-24-20-9-8-19(12-21(20)33-23)34(29,30)26(3)4/h5-9,11-12,15-16H,10,13-14H2,1-4H3,(H,24,25,28). The highest BCUT2D eigenvalue weighted by atomic mass is 32.2. The lowest BCUT2D eigenvalue weighted by Crippen LogP contribution is -2.42. The summed E-state index contributed by atoms with van der Waals surface area (Å²) in [7, 11) is -4.41. The van der Waals surface area contributed by atoms with Crippen LogP contribution in [0.1, 0.15) is 30.6 Å². The van der Waals surface area contributed by atoms with Crippen molar-refractivity contribution in [2.75, 3.05) is 32.5 Å². The third kappa shape index (κ3) is 5.26. The third-order valence-electron chi connectivity index (χ3n) is 5.93. The van der Waals surface area contributed by atoms with E-state index in [0.717, 1.165) is 22.1 Å². The summed E-state index contributed by atoms with van der Waals surface area (Å²) in [5.41, 5.74) is 0.743. The number of fused-ring (bicyclic) bond motifs is 1. The summed E-state index contributed by atoms with van der Waals surface area (Å²) in [6, 6.07) is 10.6. The number of amides is 1. The molecule has 2 aromatic carbocycles. The number of hydrogen-bond acceptors (Lipinski definition) is 7. The minimum absolute atomic E-state index is 0.0780. The van der Waals surface area contributed by atoms with Crippen LogP contribution in [-0.4, -0.2) is 63.5 Å². The highest BCUT2D eigenvalue weighted by Crippen LogP contribution is 2.30. The molecule has 35 heavy (non-hydrogen) atoms. The van der Waals surface area contributed by atoms with E-state index in [2.05, 4.69) is 10.3 Å². The van der Waals surface area contributed by atoms with Crippen LogP contribution in [0.3, 0.4) is 0 Å². The maximum atomic E-state index is 13.2. The van der Waals surface area contributed by atoms with E-state index in [1.807, 2.05) is 13.8 Å². The number of hydrogen-bond donors (Lipinski definition) is 1. The monoisotopic (exact) mass is 536 g/mol. The van der Waals surface area contributed by atoms with Gasteiger partial charge in [-0.15, -0.1) is 0 Å². The number of piperidine rings is 1. The first kappa shape index (κ1) is 25.7. The largest absolute Gasteiger partial charge is 0.298 e. The maximum absolute atomic E-state index is 13.2. The number of anilines is 1. The van der Waals surface area contributed by atoms with Crippen LogP contribution in [0, 0.1) is 11.8 Å². The lowest BCUT2D eigenvalue weighted by atomic mass is 9.94. The van der Waals surface area contributed by atoms with Crippen LogP contribution < -0.4 is 5.32 Å². The molecule has 9 nitrogen and oxygen atoms in total. The van der Waals surface area contributed by atoms with Gasteiger partial charge in [-0.2, -0.15) is 4.31 Å². The molecular formula is C23H28N4O5S3.